The molecule has 7 nitrogen and oxygen atoms in total. The molecule has 0 spiro atoms. The number of thioether (sulfide) groups is 1. The summed E-state index contributed by atoms with van der Waals surface area (Å²) < 4.78 is 5.09. The van der Waals surface area contributed by atoms with Gasteiger partial charge in [0.05, 0.1) is 12.7 Å². The number of anilines is 1. The average Bonchev–Trinajstić information content (AvgIpc) is 3.28. The standard InChI is InChI=1S/C22H27N3O4S/c1-15(2)20(24-21(27)18-4-3-11-29-18)22(28)23-17-7-5-16(6-8-17)14-19(26)25-9-12-30-13-10-25/h3-8,11,15,20H,9-10,12-14H2,1-2H3,(H,23,28)(H,24,27). The number of amides is 3. The van der Waals surface area contributed by atoms with Crippen LogP contribution in [0.2, 0.25) is 0 Å². The van der Waals surface area contributed by atoms with Crippen LogP contribution in [-0.2, 0) is 16.0 Å². The highest BCUT2D eigenvalue weighted by Crippen LogP contribution is 2.15. The first-order valence-corrected chi connectivity index (χ1v) is 11.2. The summed E-state index contributed by atoms with van der Waals surface area (Å²) >= 11 is 1.87. The summed E-state index contributed by atoms with van der Waals surface area (Å²) in [6.45, 7) is 5.33. The topological polar surface area (TPSA) is 91.6 Å². The number of benzene rings is 1. The van der Waals surface area contributed by atoms with Gasteiger partial charge in [-0.2, -0.15) is 11.8 Å². The van der Waals surface area contributed by atoms with E-state index in [2.05, 4.69) is 10.6 Å². The highest BCUT2D eigenvalue weighted by atomic mass is 32.2. The normalized spacial score (nSPS) is 15.0. The molecule has 0 radical (unpaired) electrons. The van der Waals surface area contributed by atoms with Crippen LogP contribution in [0.4, 0.5) is 5.69 Å². The zero-order valence-corrected chi connectivity index (χ0v) is 18.0. The van der Waals surface area contributed by atoms with Gasteiger partial charge in [-0.3, -0.25) is 14.4 Å². The van der Waals surface area contributed by atoms with E-state index in [1.54, 1.807) is 24.3 Å². The van der Waals surface area contributed by atoms with Gasteiger partial charge >= 0.3 is 0 Å². The Bertz CT molecular complexity index is 859. The lowest BCUT2D eigenvalue weighted by Gasteiger charge is -2.26. The Morgan fingerprint density at radius 2 is 1.80 bits per heavy atom. The number of nitrogens with one attached hydrogen (secondary N) is 2. The van der Waals surface area contributed by atoms with Crippen molar-refractivity contribution in [2.75, 3.05) is 29.9 Å². The zero-order chi connectivity index (χ0) is 21.5. The van der Waals surface area contributed by atoms with Crippen LogP contribution in [-0.4, -0.2) is 53.3 Å². The van der Waals surface area contributed by atoms with Gasteiger partial charge in [0, 0.05) is 30.3 Å². The van der Waals surface area contributed by atoms with Gasteiger partial charge in [0.25, 0.3) is 5.91 Å². The fourth-order valence-corrected chi connectivity index (χ4v) is 4.08. The molecule has 1 unspecified atom stereocenters. The minimum Gasteiger partial charge on any atom is -0.459 e. The minimum absolute atomic E-state index is 0.108. The summed E-state index contributed by atoms with van der Waals surface area (Å²) in [5, 5.41) is 5.55. The Morgan fingerprint density at radius 1 is 1.10 bits per heavy atom. The molecule has 1 fully saturated rings. The van der Waals surface area contributed by atoms with Gasteiger partial charge in [-0.05, 0) is 35.7 Å². The Morgan fingerprint density at radius 3 is 2.40 bits per heavy atom. The van der Waals surface area contributed by atoms with Crippen LogP contribution in [0.5, 0.6) is 0 Å². The number of rotatable bonds is 7. The summed E-state index contributed by atoms with van der Waals surface area (Å²) in [5.74, 6) is 1.43. The van der Waals surface area contributed by atoms with Gasteiger partial charge in [0.2, 0.25) is 11.8 Å². The molecule has 3 amide bonds. The molecule has 8 heteroatoms. The molecule has 30 heavy (non-hydrogen) atoms. The van der Waals surface area contributed by atoms with E-state index in [-0.39, 0.29) is 23.5 Å². The second kappa shape index (κ2) is 10.3. The van der Waals surface area contributed by atoms with Gasteiger partial charge in [-0.1, -0.05) is 26.0 Å². The molecule has 1 aliphatic heterocycles. The van der Waals surface area contributed by atoms with E-state index in [9.17, 15) is 14.4 Å². The highest BCUT2D eigenvalue weighted by molar-refractivity contribution is 7.99. The summed E-state index contributed by atoms with van der Waals surface area (Å²) in [7, 11) is 0. The lowest BCUT2D eigenvalue weighted by Crippen LogP contribution is -2.47. The van der Waals surface area contributed by atoms with Crippen LogP contribution in [0, 0.1) is 5.92 Å². The number of furan rings is 1. The predicted octanol–water partition coefficient (Wildman–Crippen LogP) is 2.79. The highest BCUT2D eigenvalue weighted by Gasteiger charge is 2.25. The smallest absolute Gasteiger partial charge is 0.287 e. The van der Waals surface area contributed by atoms with Gasteiger partial charge in [0.1, 0.15) is 6.04 Å². The predicted molar refractivity (Wildman–Crippen MR) is 117 cm³/mol. The van der Waals surface area contributed by atoms with E-state index in [1.165, 1.54) is 6.26 Å². The first-order valence-electron chi connectivity index (χ1n) is 10.0. The maximum absolute atomic E-state index is 12.7. The maximum Gasteiger partial charge on any atom is 0.287 e. The van der Waals surface area contributed by atoms with Gasteiger partial charge in [-0.25, -0.2) is 0 Å². The van der Waals surface area contributed by atoms with Crippen molar-refractivity contribution in [3.8, 4) is 0 Å². The number of carbonyl (C=O) groups is 3. The van der Waals surface area contributed by atoms with Crippen molar-refractivity contribution in [2.24, 2.45) is 5.92 Å². The molecule has 0 saturated carbocycles. The van der Waals surface area contributed by atoms with Crippen molar-refractivity contribution >= 4 is 35.2 Å². The van der Waals surface area contributed by atoms with Crippen LogP contribution < -0.4 is 10.6 Å². The third kappa shape index (κ3) is 5.89. The van der Waals surface area contributed by atoms with E-state index in [4.69, 9.17) is 4.42 Å². The second-order valence-corrected chi connectivity index (χ2v) is 8.75. The number of hydrogen-bond acceptors (Lipinski definition) is 5. The van der Waals surface area contributed by atoms with E-state index >= 15 is 0 Å². The molecule has 1 aromatic carbocycles. The first-order chi connectivity index (χ1) is 14.4. The number of carbonyl (C=O) groups excluding carboxylic acids is 3. The third-order valence-corrected chi connectivity index (χ3v) is 5.86. The molecule has 1 aliphatic rings. The largest absolute Gasteiger partial charge is 0.459 e. The molecule has 0 bridgehead atoms. The average molecular weight is 430 g/mol. The molecule has 1 aromatic heterocycles. The van der Waals surface area contributed by atoms with E-state index in [1.807, 2.05) is 42.6 Å². The van der Waals surface area contributed by atoms with Crippen LogP contribution >= 0.6 is 11.8 Å². The lowest BCUT2D eigenvalue weighted by molar-refractivity contribution is -0.130. The quantitative estimate of drug-likeness (QED) is 0.706. The van der Waals surface area contributed by atoms with Crippen LogP contribution in [0.3, 0.4) is 0 Å². The summed E-state index contributed by atoms with van der Waals surface area (Å²) in [4.78, 5) is 39.2. The molecule has 160 valence electrons. The summed E-state index contributed by atoms with van der Waals surface area (Å²) in [6, 6.07) is 9.71. The molecule has 2 heterocycles. The minimum atomic E-state index is -0.708. The molecule has 1 saturated heterocycles. The van der Waals surface area contributed by atoms with E-state index in [0.29, 0.717) is 12.1 Å². The number of nitrogens with zero attached hydrogens (tertiary/aromatic N) is 1. The van der Waals surface area contributed by atoms with Crippen LogP contribution in [0.25, 0.3) is 0 Å². The van der Waals surface area contributed by atoms with E-state index < -0.39 is 11.9 Å². The van der Waals surface area contributed by atoms with Crippen molar-refractivity contribution in [2.45, 2.75) is 26.3 Å². The maximum atomic E-state index is 12.7. The summed E-state index contributed by atoms with van der Waals surface area (Å²) in [6.07, 6.45) is 1.77. The van der Waals surface area contributed by atoms with Crippen molar-refractivity contribution in [1.82, 2.24) is 10.2 Å². The molecule has 2 aromatic rings. The molecule has 3 rings (SSSR count). The molecular weight excluding hydrogens is 402 g/mol. The SMILES string of the molecule is CC(C)C(NC(=O)c1ccco1)C(=O)Nc1ccc(CC(=O)N2CCSCC2)cc1. The molecular formula is C22H27N3O4S. The molecule has 2 N–H and O–H groups in total. The third-order valence-electron chi connectivity index (χ3n) is 4.92. The van der Waals surface area contributed by atoms with Gasteiger partial charge < -0.3 is 20.0 Å². The monoisotopic (exact) mass is 429 g/mol. The number of hydrogen-bond donors (Lipinski definition) is 2. The van der Waals surface area contributed by atoms with Crippen molar-refractivity contribution in [1.29, 1.82) is 0 Å². The van der Waals surface area contributed by atoms with Gasteiger partial charge in [-0.15, -0.1) is 0 Å². The first kappa shape index (κ1) is 22.0. The van der Waals surface area contributed by atoms with Crippen molar-refractivity contribution in [3.05, 3.63) is 54.0 Å². The Hall–Kier alpha value is -2.74. The lowest BCUT2D eigenvalue weighted by atomic mass is 10.0. The van der Waals surface area contributed by atoms with Gasteiger partial charge in [0.15, 0.2) is 5.76 Å². The van der Waals surface area contributed by atoms with Crippen molar-refractivity contribution in [3.63, 3.8) is 0 Å². The zero-order valence-electron chi connectivity index (χ0n) is 17.2. The Balaban J connectivity index is 1.56. The molecule has 0 aliphatic carbocycles. The molecule has 1 atom stereocenters. The van der Waals surface area contributed by atoms with Crippen molar-refractivity contribution < 1.29 is 18.8 Å². The Kier molecular flexibility index (Phi) is 7.57. The second-order valence-electron chi connectivity index (χ2n) is 7.53. The fraction of sp³-hybridized carbons (Fsp3) is 0.409. The summed E-state index contributed by atoms with van der Waals surface area (Å²) in [5.41, 5.74) is 1.52. The van der Waals surface area contributed by atoms with Crippen LogP contribution in [0.15, 0.2) is 47.1 Å². The van der Waals surface area contributed by atoms with E-state index in [0.717, 1.165) is 30.2 Å². The Labute approximate surface area is 180 Å². The fourth-order valence-electron chi connectivity index (χ4n) is 3.18. The van der Waals surface area contributed by atoms with Crippen LogP contribution in [0.1, 0.15) is 30.0 Å².